The summed E-state index contributed by atoms with van der Waals surface area (Å²) in [5, 5.41) is 13.9. The second kappa shape index (κ2) is 6.12. The summed E-state index contributed by atoms with van der Waals surface area (Å²) in [7, 11) is 0. The van der Waals surface area contributed by atoms with E-state index in [4.69, 9.17) is 4.74 Å². The van der Waals surface area contributed by atoms with Crippen molar-refractivity contribution in [3.05, 3.63) is 17.0 Å². The highest BCUT2D eigenvalue weighted by Crippen LogP contribution is 2.34. The lowest BCUT2D eigenvalue weighted by atomic mass is 9.93. The van der Waals surface area contributed by atoms with Gasteiger partial charge in [-0.1, -0.05) is 0 Å². The molecule has 0 unspecified atom stereocenters. The van der Waals surface area contributed by atoms with Gasteiger partial charge in [0.15, 0.2) is 5.69 Å². The number of hydrogen-bond donors (Lipinski definition) is 1. The van der Waals surface area contributed by atoms with Crippen LogP contribution in [0.5, 0.6) is 0 Å². The lowest BCUT2D eigenvalue weighted by Gasteiger charge is -2.38. The van der Waals surface area contributed by atoms with Gasteiger partial charge >= 0.3 is 5.97 Å². The van der Waals surface area contributed by atoms with Gasteiger partial charge in [0.05, 0.1) is 6.54 Å². The van der Waals surface area contributed by atoms with Gasteiger partial charge in [0.1, 0.15) is 5.60 Å². The first-order chi connectivity index (χ1) is 12.0. The third-order valence-electron chi connectivity index (χ3n) is 5.67. The minimum Gasteiger partial charge on any atom is -0.476 e. The molecule has 3 aliphatic rings. The number of nitrogens with zero attached hydrogens (tertiary/aromatic N) is 3. The Balaban J connectivity index is 1.58. The Morgan fingerprint density at radius 1 is 1.36 bits per heavy atom. The minimum atomic E-state index is -1.01. The van der Waals surface area contributed by atoms with Gasteiger partial charge in [0.25, 0.3) is 5.91 Å². The number of hydrogen-bond acceptors (Lipinski definition) is 4. The Bertz CT molecular complexity index is 701. The normalized spacial score (nSPS) is 26.4. The number of aromatic carboxylic acids is 1. The standard InChI is InChI=1S/C18H25N3O4/c1-18(7-2-3-9-25-18)17(24)20-8-6-14-13(11-20)15(16(22)23)19-21(14)10-12-4-5-12/h12H,2-11H2,1H3,(H,22,23)/t18-/m1/s1. The molecule has 1 aliphatic carbocycles. The van der Waals surface area contributed by atoms with Crippen LogP contribution < -0.4 is 0 Å². The van der Waals surface area contributed by atoms with Crippen molar-refractivity contribution < 1.29 is 19.4 Å². The van der Waals surface area contributed by atoms with Crippen molar-refractivity contribution >= 4 is 11.9 Å². The summed E-state index contributed by atoms with van der Waals surface area (Å²) in [5.74, 6) is -0.413. The molecular formula is C18H25N3O4. The van der Waals surface area contributed by atoms with E-state index in [2.05, 4.69) is 5.10 Å². The number of carbonyl (C=O) groups excluding carboxylic acids is 1. The Labute approximate surface area is 146 Å². The molecule has 2 fully saturated rings. The molecule has 136 valence electrons. The van der Waals surface area contributed by atoms with Crippen LogP contribution >= 0.6 is 0 Å². The Morgan fingerprint density at radius 2 is 2.16 bits per heavy atom. The van der Waals surface area contributed by atoms with E-state index in [1.807, 2.05) is 11.6 Å². The zero-order valence-corrected chi connectivity index (χ0v) is 14.7. The van der Waals surface area contributed by atoms with E-state index in [1.54, 1.807) is 4.90 Å². The van der Waals surface area contributed by atoms with Gasteiger partial charge < -0.3 is 14.7 Å². The number of ether oxygens (including phenoxy) is 1. The molecule has 1 aromatic heterocycles. The molecule has 1 amide bonds. The summed E-state index contributed by atoms with van der Waals surface area (Å²) in [6.45, 7) is 4.18. The monoisotopic (exact) mass is 347 g/mol. The number of carbonyl (C=O) groups is 2. The van der Waals surface area contributed by atoms with Crippen LogP contribution in [0.15, 0.2) is 0 Å². The third-order valence-corrected chi connectivity index (χ3v) is 5.67. The van der Waals surface area contributed by atoms with Gasteiger partial charge in [-0.25, -0.2) is 4.79 Å². The van der Waals surface area contributed by atoms with Crippen LogP contribution in [0.2, 0.25) is 0 Å². The quantitative estimate of drug-likeness (QED) is 0.898. The van der Waals surface area contributed by atoms with Crippen LogP contribution in [-0.2, 0) is 29.0 Å². The van der Waals surface area contributed by atoms with Gasteiger partial charge in [-0.3, -0.25) is 9.48 Å². The van der Waals surface area contributed by atoms with Gasteiger partial charge in [0.2, 0.25) is 0 Å². The topological polar surface area (TPSA) is 84.7 Å². The number of carboxylic acids is 1. The highest BCUT2D eigenvalue weighted by Gasteiger charge is 2.41. The van der Waals surface area contributed by atoms with E-state index >= 15 is 0 Å². The van der Waals surface area contributed by atoms with E-state index in [0.717, 1.165) is 31.5 Å². The molecule has 3 heterocycles. The van der Waals surface area contributed by atoms with Crippen LogP contribution in [0.25, 0.3) is 0 Å². The van der Waals surface area contributed by atoms with Gasteiger partial charge in [-0.15, -0.1) is 0 Å². The van der Waals surface area contributed by atoms with Crippen molar-refractivity contribution in [3.63, 3.8) is 0 Å². The van der Waals surface area contributed by atoms with Crippen LogP contribution in [-0.4, -0.2) is 50.4 Å². The molecule has 4 rings (SSSR count). The molecule has 7 heteroatoms. The number of amides is 1. The summed E-state index contributed by atoms with van der Waals surface area (Å²) in [6, 6.07) is 0. The molecule has 7 nitrogen and oxygen atoms in total. The van der Waals surface area contributed by atoms with Gasteiger partial charge in [-0.05, 0) is 44.9 Å². The molecule has 1 saturated heterocycles. The van der Waals surface area contributed by atoms with E-state index in [0.29, 0.717) is 37.6 Å². The van der Waals surface area contributed by atoms with Crippen molar-refractivity contribution in [1.82, 2.24) is 14.7 Å². The molecule has 1 aromatic rings. The first kappa shape index (κ1) is 16.6. The molecule has 0 bridgehead atoms. The molecule has 25 heavy (non-hydrogen) atoms. The van der Waals surface area contributed by atoms with E-state index in [-0.39, 0.29) is 11.6 Å². The summed E-state index contributed by atoms with van der Waals surface area (Å²) in [4.78, 5) is 26.4. The predicted molar refractivity (Wildman–Crippen MR) is 89.2 cm³/mol. The fourth-order valence-corrected chi connectivity index (χ4v) is 3.97. The fraction of sp³-hybridized carbons (Fsp3) is 0.722. The maximum atomic E-state index is 13.0. The minimum absolute atomic E-state index is 0.0240. The molecular weight excluding hydrogens is 322 g/mol. The third kappa shape index (κ3) is 3.05. The maximum absolute atomic E-state index is 13.0. The van der Waals surface area contributed by atoms with Crippen molar-refractivity contribution in [1.29, 1.82) is 0 Å². The first-order valence-corrected chi connectivity index (χ1v) is 9.23. The summed E-state index contributed by atoms with van der Waals surface area (Å²) < 4.78 is 7.66. The molecule has 1 N–H and O–H groups in total. The number of aromatic nitrogens is 2. The van der Waals surface area contributed by atoms with Crippen LogP contribution in [0.4, 0.5) is 0 Å². The number of carboxylic acid groups (broad SMARTS) is 1. The van der Waals surface area contributed by atoms with E-state index in [9.17, 15) is 14.7 Å². The highest BCUT2D eigenvalue weighted by molar-refractivity contribution is 5.89. The maximum Gasteiger partial charge on any atom is 0.356 e. The Kier molecular flexibility index (Phi) is 4.06. The van der Waals surface area contributed by atoms with Crippen molar-refractivity contribution in [2.45, 2.75) is 64.1 Å². The Morgan fingerprint density at radius 3 is 2.80 bits per heavy atom. The second-order valence-corrected chi connectivity index (χ2v) is 7.72. The van der Waals surface area contributed by atoms with Crippen molar-refractivity contribution in [2.24, 2.45) is 5.92 Å². The van der Waals surface area contributed by atoms with Crippen molar-refractivity contribution in [3.8, 4) is 0 Å². The average Bonchev–Trinajstić information content (AvgIpc) is 3.34. The number of fused-ring (bicyclic) bond motifs is 1. The van der Waals surface area contributed by atoms with Crippen LogP contribution in [0.1, 0.15) is 60.8 Å². The van der Waals surface area contributed by atoms with E-state index < -0.39 is 11.6 Å². The predicted octanol–water partition coefficient (Wildman–Crippen LogP) is 1.84. The number of rotatable bonds is 4. The first-order valence-electron chi connectivity index (χ1n) is 9.23. The van der Waals surface area contributed by atoms with Crippen LogP contribution in [0, 0.1) is 5.92 Å². The molecule has 2 aliphatic heterocycles. The van der Waals surface area contributed by atoms with Crippen molar-refractivity contribution in [2.75, 3.05) is 13.2 Å². The molecule has 0 spiro atoms. The zero-order chi connectivity index (χ0) is 17.6. The van der Waals surface area contributed by atoms with Crippen LogP contribution in [0.3, 0.4) is 0 Å². The average molecular weight is 347 g/mol. The molecule has 0 aromatic carbocycles. The van der Waals surface area contributed by atoms with Gasteiger partial charge in [-0.2, -0.15) is 5.10 Å². The van der Waals surface area contributed by atoms with Gasteiger partial charge in [0, 0.05) is 37.4 Å². The molecule has 1 atom stereocenters. The Hall–Kier alpha value is -1.89. The summed E-state index contributed by atoms with van der Waals surface area (Å²) in [5.41, 5.74) is 1.02. The summed E-state index contributed by atoms with van der Waals surface area (Å²) >= 11 is 0. The largest absolute Gasteiger partial charge is 0.476 e. The zero-order valence-electron chi connectivity index (χ0n) is 14.7. The lowest BCUT2D eigenvalue weighted by molar-refractivity contribution is -0.162. The molecule has 0 radical (unpaired) electrons. The lowest BCUT2D eigenvalue weighted by Crippen LogP contribution is -2.51. The fourth-order valence-electron chi connectivity index (χ4n) is 3.97. The summed E-state index contributed by atoms with van der Waals surface area (Å²) in [6.07, 6.45) is 5.74. The van der Waals surface area contributed by atoms with E-state index in [1.165, 1.54) is 12.8 Å². The highest BCUT2D eigenvalue weighted by atomic mass is 16.5. The smallest absolute Gasteiger partial charge is 0.356 e. The SMILES string of the molecule is C[C@]1(C(=O)N2CCc3c(c(C(=O)O)nn3CC3CC3)C2)CCCCO1. The molecule has 1 saturated carbocycles. The second-order valence-electron chi connectivity index (χ2n) is 7.72.